The van der Waals surface area contributed by atoms with Crippen LogP contribution in [0.3, 0.4) is 0 Å². The number of benzene rings is 1. The van der Waals surface area contributed by atoms with Crippen LogP contribution in [0.5, 0.6) is 5.88 Å². The van der Waals surface area contributed by atoms with Gasteiger partial charge in [-0.15, -0.1) is 5.92 Å². The summed E-state index contributed by atoms with van der Waals surface area (Å²) in [6, 6.07) is 3.95. The first-order valence-corrected chi connectivity index (χ1v) is 8.51. The molecule has 1 aromatic carbocycles. The van der Waals surface area contributed by atoms with Crippen LogP contribution in [0.4, 0.5) is 14.5 Å². The zero-order valence-corrected chi connectivity index (χ0v) is 15.4. The molecule has 1 aliphatic rings. The highest BCUT2D eigenvalue weighted by atomic mass is 19.1. The Kier molecular flexibility index (Phi) is 5.87. The third kappa shape index (κ3) is 4.40. The number of hydrogen-bond acceptors (Lipinski definition) is 7. The number of aromatic nitrogens is 2. The molecule has 0 aliphatic carbocycles. The lowest BCUT2D eigenvalue weighted by Crippen LogP contribution is -2.35. The minimum atomic E-state index is -1.22. The second-order valence-electron chi connectivity index (χ2n) is 5.93. The molecule has 3 rings (SSSR count). The number of nitrogens with two attached hydrogens (primary N) is 1. The van der Waals surface area contributed by atoms with Crippen LogP contribution in [0, 0.1) is 17.7 Å². The summed E-state index contributed by atoms with van der Waals surface area (Å²) in [5.41, 5.74) is 4.89. The van der Waals surface area contributed by atoms with Crippen LogP contribution >= 0.6 is 0 Å². The number of rotatable bonds is 5. The molecule has 1 amide bonds. The second-order valence-corrected chi connectivity index (χ2v) is 5.93. The Labute approximate surface area is 165 Å². The largest absolute Gasteiger partial charge is 0.465 e. The monoisotopic (exact) mass is 401 g/mol. The molecule has 0 fully saturated rings. The summed E-state index contributed by atoms with van der Waals surface area (Å²) in [4.78, 5) is 24.2. The van der Waals surface area contributed by atoms with Crippen molar-refractivity contribution in [2.75, 3.05) is 18.8 Å². The van der Waals surface area contributed by atoms with Crippen LogP contribution < -0.4 is 15.8 Å². The highest BCUT2D eigenvalue weighted by Gasteiger charge is 2.36. The van der Waals surface area contributed by atoms with Crippen molar-refractivity contribution >= 4 is 17.6 Å². The molecule has 0 saturated carbocycles. The SMILES string of the molecule is CC#C[C@@]1(c2cc(NC(=O)c3cnc(OCF)cn3)ccc2F)CCOC(N)=N1. The molecular weight excluding hydrogens is 384 g/mol. The lowest BCUT2D eigenvalue weighted by molar-refractivity contribution is 0.102. The van der Waals surface area contributed by atoms with E-state index < -0.39 is 24.1 Å². The third-order valence-electron chi connectivity index (χ3n) is 4.08. The van der Waals surface area contributed by atoms with E-state index >= 15 is 0 Å². The van der Waals surface area contributed by atoms with Crippen LogP contribution in [0.15, 0.2) is 35.6 Å². The summed E-state index contributed by atoms with van der Waals surface area (Å²) in [7, 11) is 0. The smallest absolute Gasteiger partial charge is 0.283 e. The van der Waals surface area contributed by atoms with E-state index in [9.17, 15) is 13.6 Å². The van der Waals surface area contributed by atoms with Crippen LogP contribution in [-0.2, 0) is 10.3 Å². The number of carbonyl (C=O) groups excluding carboxylic acids is 1. The van der Waals surface area contributed by atoms with E-state index in [0.717, 1.165) is 12.4 Å². The molecular formula is C19H17F2N5O3. The summed E-state index contributed by atoms with van der Waals surface area (Å²) in [6.07, 6.45) is 2.55. The Bertz CT molecular complexity index is 1000. The van der Waals surface area contributed by atoms with Crippen molar-refractivity contribution in [3.8, 4) is 17.7 Å². The highest BCUT2D eigenvalue weighted by molar-refractivity contribution is 6.02. The predicted octanol–water partition coefficient (Wildman–Crippen LogP) is 2.13. The molecule has 29 heavy (non-hydrogen) atoms. The first-order valence-electron chi connectivity index (χ1n) is 8.51. The minimum Gasteiger partial charge on any atom is -0.465 e. The van der Waals surface area contributed by atoms with Gasteiger partial charge in [0.25, 0.3) is 11.9 Å². The van der Waals surface area contributed by atoms with Crippen LogP contribution in [0.1, 0.15) is 29.4 Å². The number of hydrogen-bond donors (Lipinski definition) is 2. The minimum absolute atomic E-state index is 0.0292. The maximum Gasteiger partial charge on any atom is 0.283 e. The zero-order chi connectivity index (χ0) is 20.9. The van der Waals surface area contributed by atoms with Crippen LogP contribution in [0.25, 0.3) is 0 Å². The third-order valence-corrected chi connectivity index (χ3v) is 4.08. The van der Waals surface area contributed by atoms with Gasteiger partial charge in [0.1, 0.15) is 11.5 Å². The van der Waals surface area contributed by atoms with Crippen molar-refractivity contribution in [1.29, 1.82) is 0 Å². The van der Waals surface area contributed by atoms with Crippen molar-refractivity contribution in [2.45, 2.75) is 18.9 Å². The average molecular weight is 401 g/mol. The first kappa shape index (κ1) is 20.0. The molecule has 1 atom stereocenters. The Balaban J connectivity index is 1.89. The highest BCUT2D eigenvalue weighted by Crippen LogP contribution is 2.35. The number of nitrogens with zero attached hydrogens (tertiary/aromatic N) is 3. The molecule has 8 nitrogen and oxygen atoms in total. The van der Waals surface area contributed by atoms with E-state index in [1.54, 1.807) is 6.92 Å². The number of halogens is 2. The second kappa shape index (κ2) is 8.52. The van der Waals surface area contributed by atoms with E-state index in [2.05, 4.69) is 36.9 Å². The standard InChI is InChI=1S/C19H17F2N5O3/c1-2-5-19(6-7-28-18(22)26-19)13-8-12(3-4-14(13)21)25-17(27)15-9-24-16(10-23-15)29-11-20/h3-4,8-10H,6-7,11H2,1H3,(H2,22,26)(H,25,27)/t19-/m0/s1. The number of amides is 1. The van der Waals surface area contributed by atoms with Gasteiger partial charge in [0, 0.05) is 17.7 Å². The van der Waals surface area contributed by atoms with Crippen molar-refractivity contribution in [3.05, 3.63) is 47.7 Å². The summed E-state index contributed by atoms with van der Waals surface area (Å²) >= 11 is 0. The van der Waals surface area contributed by atoms with Gasteiger partial charge in [-0.25, -0.2) is 23.7 Å². The van der Waals surface area contributed by atoms with Gasteiger partial charge in [0.05, 0.1) is 19.0 Å². The normalized spacial score (nSPS) is 18.0. The first-order chi connectivity index (χ1) is 14.0. The Hall–Kier alpha value is -3.74. The van der Waals surface area contributed by atoms with Gasteiger partial charge in [0.2, 0.25) is 12.7 Å². The van der Waals surface area contributed by atoms with Crippen molar-refractivity contribution in [3.63, 3.8) is 0 Å². The fourth-order valence-corrected chi connectivity index (χ4v) is 2.82. The topological polar surface area (TPSA) is 112 Å². The molecule has 0 spiro atoms. The van der Waals surface area contributed by atoms with Gasteiger partial charge in [-0.1, -0.05) is 5.92 Å². The van der Waals surface area contributed by atoms with Crippen molar-refractivity contribution < 1.29 is 23.0 Å². The van der Waals surface area contributed by atoms with Gasteiger partial charge in [-0.2, -0.15) is 0 Å². The van der Waals surface area contributed by atoms with Crippen molar-refractivity contribution in [2.24, 2.45) is 10.7 Å². The van der Waals surface area contributed by atoms with E-state index in [1.165, 1.54) is 18.2 Å². The molecule has 2 aromatic rings. The number of carbonyl (C=O) groups is 1. The summed E-state index contributed by atoms with van der Waals surface area (Å²) in [5, 5.41) is 2.60. The fraction of sp³-hybridized carbons (Fsp3) is 0.263. The molecule has 0 radical (unpaired) electrons. The summed E-state index contributed by atoms with van der Waals surface area (Å²) < 4.78 is 36.4. The molecule has 1 aromatic heterocycles. The zero-order valence-electron chi connectivity index (χ0n) is 15.4. The Morgan fingerprint density at radius 2 is 2.24 bits per heavy atom. The molecule has 0 unspecified atom stereocenters. The average Bonchev–Trinajstić information content (AvgIpc) is 2.70. The Morgan fingerprint density at radius 3 is 2.90 bits per heavy atom. The molecule has 0 saturated heterocycles. The lowest BCUT2D eigenvalue weighted by atomic mass is 9.86. The molecule has 2 heterocycles. The maximum atomic E-state index is 14.6. The number of amidine groups is 1. The van der Waals surface area contributed by atoms with Crippen LogP contribution in [0.2, 0.25) is 0 Å². The lowest BCUT2D eigenvalue weighted by Gasteiger charge is -2.29. The number of ether oxygens (including phenoxy) is 2. The van der Waals surface area contributed by atoms with Crippen molar-refractivity contribution in [1.82, 2.24) is 9.97 Å². The summed E-state index contributed by atoms with van der Waals surface area (Å²) in [6.45, 7) is 0.781. The van der Waals surface area contributed by atoms with E-state index in [4.69, 9.17) is 10.5 Å². The van der Waals surface area contributed by atoms with Gasteiger partial charge in [-0.3, -0.25) is 4.79 Å². The van der Waals surface area contributed by atoms with E-state index in [-0.39, 0.29) is 29.8 Å². The number of anilines is 1. The number of nitrogens with one attached hydrogen (secondary N) is 1. The number of aliphatic imine (C=N–C) groups is 1. The van der Waals surface area contributed by atoms with Gasteiger partial charge >= 0.3 is 0 Å². The maximum absolute atomic E-state index is 14.6. The van der Waals surface area contributed by atoms with Crippen LogP contribution in [-0.4, -0.2) is 35.4 Å². The van der Waals surface area contributed by atoms with Gasteiger partial charge in [-0.05, 0) is 25.1 Å². The molecule has 10 heteroatoms. The van der Waals surface area contributed by atoms with Gasteiger partial charge < -0.3 is 20.5 Å². The van der Waals surface area contributed by atoms with E-state index in [1.807, 2.05) is 0 Å². The fourth-order valence-electron chi connectivity index (χ4n) is 2.82. The molecule has 150 valence electrons. The van der Waals surface area contributed by atoms with E-state index in [0.29, 0.717) is 12.1 Å². The summed E-state index contributed by atoms with van der Waals surface area (Å²) in [5.74, 6) is 4.46. The Morgan fingerprint density at radius 1 is 1.41 bits per heavy atom. The molecule has 3 N–H and O–H groups in total. The quantitative estimate of drug-likeness (QED) is 0.743. The molecule has 0 bridgehead atoms. The number of alkyl halides is 1. The molecule has 1 aliphatic heterocycles. The predicted molar refractivity (Wildman–Crippen MR) is 100 cm³/mol. The van der Waals surface area contributed by atoms with Gasteiger partial charge in [0.15, 0.2) is 5.54 Å².